The molecule has 1 heterocycles. The quantitative estimate of drug-likeness (QED) is 0.653. The molecule has 0 atom stereocenters. The van der Waals surface area contributed by atoms with Crippen LogP contribution in [0.25, 0.3) is 11.6 Å². The van der Waals surface area contributed by atoms with Crippen LogP contribution in [0.2, 0.25) is 0 Å². The van der Waals surface area contributed by atoms with Crippen LogP contribution >= 0.6 is 0 Å². The van der Waals surface area contributed by atoms with E-state index in [0.29, 0.717) is 0 Å². The van der Waals surface area contributed by atoms with Crippen molar-refractivity contribution in [3.05, 3.63) is 51.7 Å². The second-order valence-electron chi connectivity index (χ2n) is 4.96. The number of hydrogen-bond acceptors (Lipinski definition) is 1. The summed E-state index contributed by atoms with van der Waals surface area (Å²) in [5.74, 6) is 0. The molecule has 0 amide bonds. The van der Waals surface area contributed by atoms with E-state index < -0.39 is 8.64 Å². The number of rotatable bonds is 0. The highest BCUT2D eigenvalue weighted by Crippen LogP contribution is 2.38. The Morgan fingerprint density at radius 2 is 2.12 bits per heavy atom. The summed E-state index contributed by atoms with van der Waals surface area (Å²) >= 11 is 0. The van der Waals surface area contributed by atoms with Crippen LogP contribution in [-0.4, -0.2) is 13.4 Å². The van der Waals surface area contributed by atoms with E-state index >= 15 is 0 Å². The van der Waals surface area contributed by atoms with Gasteiger partial charge >= 0.3 is 0 Å². The molecule has 0 fully saturated rings. The smallest absolute Gasteiger partial charge is 0.266 e. The Labute approximate surface area is 96.4 Å². The molecule has 2 aliphatic rings. The van der Waals surface area contributed by atoms with E-state index in [-0.39, 0.29) is 5.41 Å². The van der Waals surface area contributed by atoms with Crippen molar-refractivity contribution in [1.29, 1.82) is 0 Å². The third-order valence-corrected chi connectivity index (χ3v) is 4.85. The first kappa shape index (κ1) is 9.79. The summed E-state index contributed by atoms with van der Waals surface area (Å²) in [7, 11) is -1.45. The van der Waals surface area contributed by atoms with Crippen molar-refractivity contribution in [3.63, 3.8) is 0 Å². The molecule has 0 saturated carbocycles. The Kier molecular flexibility index (Phi) is 1.86. The topological polar surface area (TPSA) is 20.2 Å². The molecule has 0 aliphatic heterocycles. The molecule has 2 heteroatoms. The summed E-state index contributed by atoms with van der Waals surface area (Å²) in [6.07, 6.45) is 8.64. The molecule has 0 unspecified atom stereocenters. The molecule has 80 valence electrons. The van der Waals surface area contributed by atoms with Crippen molar-refractivity contribution < 1.29 is 4.80 Å². The number of allylic oxidation sites excluding steroid dienone is 4. The zero-order valence-corrected chi connectivity index (χ0v) is 10.5. The zero-order valence-electron chi connectivity index (χ0n) is 9.49. The molecule has 1 aromatic heterocycles. The normalized spacial score (nSPS) is 19.9. The molecular weight excluding hydrogens is 212 g/mol. The first-order valence-electron chi connectivity index (χ1n) is 5.54. The van der Waals surface area contributed by atoms with E-state index in [2.05, 4.69) is 44.2 Å². The van der Waals surface area contributed by atoms with Crippen LogP contribution in [0.5, 0.6) is 0 Å². The van der Waals surface area contributed by atoms with E-state index in [9.17, 15) is 4.80 Å². The maximum absolute atomic E-state index is 10.0. The van der Waals surface area contributed by atoms with Crippen molar-refractivity contribution in [3.8, 4) is 0 Å². The zero-order chi connectivity index (χ0) is 11.3. The number of hydrogen-bond donors (Lipinski definition) is 1. The maximum Gasteiger partial charge on any atom is 0.266 e. The second kappa shape index (κ2) is 3.05. The molecule has 2 aliphatic carbocycles. The predicted molar refractivity (Wildman–Crippen MR) is 68.1 cm³/mol. The molecule has 0 spiro atoms. The van der Waals surface area contributed by atoms with Gasteiger partial charge in [0.15, 0.2) is 0 Å². The first-order chi connectivity index (χ1) is 7.59. The summed E-state index contributed by atoms with van der Waals surface area (Å²) < 4.78 is 0. The van der Waals surface area contributed by atoms with Crippen molar-refractivity contribution >= 4 is 20.3 Å². The van der Waals surface area contributed by atoms with E-state index in [1.807, 2.05) is 11.7 Å². The lowest BCUT2D eigenvalue weighted by atomic mass is 9.77. The van der Waals surface area contributed by atoms with Crippen LogP contribution in [0.1, 0.15) is 13.8 Å². The third-order valence-electron chi connectivity index (χ3n) is 3.37. The average Bonchev–Trinajstić information content (AvgIpc) is 2.58. The largest absolute Gasteiger partial charge is 0.563 e. The highest BCUT2D eigenvalue weighted by molar-refractivity contribution is 6.42. The fourth-order valence-corrected chi connectivity index (χ4v) is 3.88. The molecule has 0 saturated heterocycles. The highest BCUT2D eigenvalue weighted by atomic mass is 28.3. The SMILES string of the molecule is CC1(C)C=CC=C2C=c3c(ccc[si]3O)=C21. The van der Waals surface area contributed by atoms with Crippen molar-refractivity contribution in [2.45, 2.75) is 13.8 Å². The molecule has 1 N–H and O–H groups in total. The monoisotopic (exact) mass is 226 g/mol. The van der Waals surface area contributed by atoms with Gasteiger partial charge in [-0.05, 0) is 28.1 Å². The van der Waals surface area contributed by atoms with Crippen LogP contribution in [0.4, 0.5) is 0 Å². The van der Waals surface area contributed by atoms with Gasteiger partial charge in [0.05, 0.1) is 0 Å². The van der Waals surface area contributed by atoms with Crippen LogP contribution in [-0.2, 0) is 0 Å². The van der Waals surface area contributed by atoms with Crippen LogP contribution in [0.3, 0.4) is 0 Å². The molecule has 1 aromatic rings. The summed E-state index contributed by atoms with van der Waals surface area (Å²) in [6.45, 7) is 4.46. The van der Waals surface area contributed by atoms with Crippen LogP contribution < -0.4 is 10.0 Å². The molecule has 0 bridgehead atoms. The van der Waals surface area contributed by atoms with Gasteiger partial charge in [-0.25, -0.2) is 0 Å². The minimum Gasteiger partial charge on any atom is -0.563 e. The minimum atomic E-state index is -1.45. The average molecular weight is 226 g/mol. The molecule has 0 radical (unpaired) electrons. The van der Waals surface area contributed by atoms with Gasteiger partial charge in [-0.3, -0.25) is 0 Å². The second-order valence-corrected chi connectivity index (χ2v) is 6.60. The van der Waals surface area contributed by atoms with Gasteiger partial charge in [-0.1, -0.05) is 44.2 Å². The lowest BCUT2D eigenvalue weighted by Gasteiger charge is -2.26. The van der Waals surface area contributed by atoms with Gasteiger partial charge in [-0.15, -0.1) is 0 Å². The maximum atomic E-state index is 10.0. The molecule has 0 aromatic carbocycles. The Morgan fingerprint density at radius 1 is 1.31 bits per heavy atom. The van der Waals surface area contributed by atoms with Crippen molar-refractivity contribution in [1.82, 2.24) is 0 Å². The fourth-order valence-electron chi connectivity index (χ4n) is 2.63. The van der Waals surface area contributed by atoms with Crippen molar-refractivity contribution in [2.24, 2.45) is 5.41 Å². The summed E-state index contributed by atoms with van der Waals surface area (Å²) in [6, 6.07) is 4.12. The Bertz CT molecular complexity index is 648. The number of fused-ring (bicyclic) bond motifs is 2. The first-order valence-corrected chi connectivity index (χ1v) is 7.06. The molecule has 3 rings (SSSR count). The third kappa shape index (κ3) is 1.20. The van der Waals surface area contributed by atoms with Gasteiger partial charge in [-0.2, -0.15) is 0 Å². The Hall–Kier alpha value is -1.41. The molecule has 1 nitrogen and oxygen atoms in total. The lowest BCUT2D eigenvalue weighted by molar-refractivity contribution is 0.604. The van der Waals surface area contributed by atoms with E-state index in [4.69, 9.17) is 0 Å². The van der Waals surface area contributed by atoms with E-state index in [1.165, 1.54) is 16.4 Å². The Morgan fingerprint density at radius 3 is 2.94 bits per heavy atom. The predicted octanol–water partition coefficient (Wildman–Crippen LogP) is 0.935. The Balaban J connectivity index is 2.49. The highest BCUT2D eigenvalue weighted by Gasteiger charge is 2.28. The van der Waals surface area contributed by atoms with Gasteiger partial charge in [0.2, 0.25) is 0 Å². The fraction of sp³-hybridized carbons (Fsp3) is 0.214. The summed E-state index contributed by atoms with van der Waals surface area (Å²) in [5.41, 5.74) is 4.64. The van der Waals surface area contributed by atoms with E-state index in [1.54, 1.807) is 0 Å². The van der Waals surface area contributed by atoms with Gasteiger partial charge < -0.3 is 4.80 Å². The summed E-state index contributed by atoms with van der Waals surface area (Å²) in [4.78, 5) is 11.2. The minimum absolute atomic E-state index is 0.0709. The molecular formula is C14H14OSi. The van der Waals surface area contributed by atoms with Crippen LogP contribution in [0.15, 0.2) is 41.6 Å². The van der Waals surface area contributed by atoms with Crippen molar-refractivity contribution in [2.75, 3.05) is 0 Å². The molecule has 16 heavy (non-hydrogen) atoms. The van der Waals surface area contributed by atoms with E-state index in [0.717, 1.165) is 4.83 Å². The standard InChI is InChI=1S/C14H14OSi/c1-14(2)7-3-5-10-9-12-11(13(10)14)6-4-8-16(12)15/h3-9,15H,1-2H3. The summed E-state index contributed by atoms with van der Waals surface area (Å²) in [5, 5.41) is 1.25. The lowest BCUT2D eigenvalue weighted by Crippen LogP contribution is -2.35. The van der Waals surface area contributed by atoms with Gasteiger partial charge in [0.25, 0.3) is 8.64 Å². The van der Waals surface area contributed by atoms with Gasteiger partial charge in [0, 0.05) is 10.2 Å². The van der Waals surface area contributed by atoms with Gasteiger partial charge in [0.1, 0.15) is 0 Å². The van der Waals surface area contributed by atoms with Crippen LogP contribution in [0, 0.1) is 5.41 Å².